The van der Waals surface area contributed by atoms with Crippen molar-refractivity contribution in [2.75, 3.05) is 19.5 Å². The van der Waals surface area contributed by atoms with E-state index in [1.54, 1.807) is 0 Å². The second-order valence-electron chi connectivity index (χ2n) is 2.95. The Morgan fingerprint density at radius 3 is 2.83 bits per heavy atom. The summed E-state index contributed by atoms with van der Waals surface area (Å²) >= 11 is 7.46. The van der Waals surface area contributed by atoms with Crippen LogP contribution in [0.5, 0.6) is 0 Å². The summed E-state index contributed by atoms with van der Waals surface area (Å²) in [6.45, 7) is 4.13. The van der Waals surface area contributed by atoms with Crippen LogP contribution in [0.4, 0.5) is 0 Å². The van der Waals surface area contributed by atoms with Crippen molar-refractivity contribution in [3.8, 4) is 0 Å². The lowest BCUT2D eigenvalue weighted by molar-refractivity contribution is 0.350. The zero-order valence-electron chi connectivity index (χ0n) is 7.51. The summed E-state index contributed by atoms with van der Waals surface area (Å²) in [5.41, 5.74) is 1.39. The molecule has 0 saturated heterocycles. The van der Waals surface area contributed by atoms with Gasteiger partial charge in [0, 0.05) is 23.8 Å². The monoisotopic (exact) mass is 203 g/mol. The van der Waals surface area contributed by atoms with Crippen molar-refractivity contribution in [2.45, 2.75) is 13.5 Å². The lowest BCUT2D eigenvalue weighted by atomic mass is 10.3. The number of halogens is 1. The molecule has 0 N–H and O–H groups in total. The highest BCUT2D eigenvalue weighted by Crippen LogP contribution is 2.16. The van der Waals surface area contributed by atoms with Gasteiger partial charge in [-0.2, -0.15) is 0 Å². The SMILES string of the molecule is Cc1ccsc1CN(C)CCCl. The zero-order chi connectivity index (χ0) is 8.97. The third-order valence-corrected chi connectivity index (χ3v) is 3.02. The first-order valence-electron chi connectivity index (χ1n) is 4.01. The molecular weight excluding hydrogens is 190 g/mol. The van der Waals surface area contributed by atoms with E-state index in [2.05, 4.69) is 30.3 Å². The van der Waals surface area contributed by atoms with Gasteiger partial charge in [-0.25, -0.2) is 0 Å². The summed E-state index contributed by atoms with van der Waals surface area (Å²) in [7, 11) is 2.10. The topological polar surface area (TPSA) is 3.24 Å². The van der Waals surface area contributed by atoms with Gasteiger partial charge in [0.15, 0.2) is 0 Å². The predicted molar refractivity (Wildman–Crippen MR) is 56.1 cm³/mol. The van der Waals surface area contributed by atoms with Crippen LogP contribution in [0.25, 0.3) is 0 Å². The van der Waals surface area contributed by atoms with Crippen molar-refractivity contribution in [1.82, 2.24) is 4.90 Å². The first-order chi connectivity index (χ1) is 5.74. The normalized spacial score (nSPS) is 11.0. The molecule has 0 spiro atoms. The molecule has 0 saturated carbocycles. The largest absolute Gasteiger partial charge is 0.300 e. The number of alkyl halides is 1. The molecule has 12 heavy (non-hydrogen) atoms. The van der Waals surface area contributed by atoms with Crippen LogP contribution in [0.1, 0.15) is 10.4 Å². The molecule has 0 atom stereocenters. The Morgan fingerprint density at radius 1 is 1.58 bits per heavy atom. The molecular formula is C9H14ClNS. The van der Waals surface area contributed by atoms with Crippen LogP contribution in [-0.4, -0.2) is 24.4 Å². The standard InChI is InChI=1S/C9H14ClNS/c1-8-3-6-12-9(8)7-11(2)5-4-10/h3,6H,4-5,7H2,1-2H3. The van der Waals surface area contributed by atoms with Gasteiger partial charge in [0.25, 0.3) is 0 Å². The van der Waals surface area contributed by atoms with Crippen LogP contribution in [0.15, 0.2) is 11.4 Å². The average Bonchev–Trinajstić information content (AvgIpc) is 2.37. The summed E-state index contributed by atoms with van der Waals surface area (Å²) < 4.78 is 0. The maximum absolute atomic E-state index is 5.64. The van der Waals surface area contributed by atoms with Crippen LogP contribution < -0.4 is 0 Å². The zero-order valence-corrected chi connectivity index (χ0v) is 9.08. The molecule has 0 amide bonds. The van der Waals surface area contributed by atoms with E-state index in [1.165, 1.54) is 10.4 Å². The van der Waals surface area contributed by atoms with Crippen molar-refractivity contribution >= 4 is 22.9 Å². The van der Waals surface area contributed by atoms with Crippen molar-refractivity contribution < 1.29 is 0 Å². The average molecular weight is 204 g/mol. The highest BCUT2D eigenvalue weighted by atomic mass is 35.5. The van der Waals surface area contributed by atoms with E-state index in [4.69, 9.17) is 11.6 Å². The second-order valence-corrected chi connectivity index (χ2v) is 4.33. The van der Waals surface area contributed by atoms with Crippen molar-refractivity contribution in [1.29, 1.82) is 0 Å². The minimum absolute atomic E-state index is 0.709. The van der Waals surface area contributed by atoms with Gasteiger partial charge in [0.1, 0.15) is 0 Å². The molecule has 0 unspecified atom stereocenters. The molecule has 3 heteroatoms. The van der Waals surface area contributed by atoms with Crippen LogP contribution in [0.3, 0.4) is 0 Å². The Kier molecular flexibility index (Phi) is 4.06. The van der Waals surface area contributed by atoms with Crippen LogP contribution in [0.2, 0.25) is 0 Å². The summed E-state index contributed by atoms with van der Waals surface area (Å²) in [6, 6.07) is 2.16. The van der Waals surface area contributed by atoms with E-state index in [-0.39, 0.29) is 0 Å². The van der Waals surface area contributed by atoms with E-state index in [0.717, 1.165) is 13.1 Å². The molecule has 0 fully saturated rings. The summed E-state index contributed by atoms with van der Waals surface area (Å²) in [5.74, 6) is 0.709. The number of nitrogens with zero attached hydrogens (tertiary/aromatic N) is 1. The molecule has 68 valence electrons. The van der Waals surface area contributed by atoms with Gasteiger partial charge in [0.2, 0.25) is 0 Å². The Morgan fingerprint density at radius 2 is 2.33 bits per heavy atom. The molecule has 0 aliphatic heterocycles. The molecule has 1 rings (SSSR count). The Balaban J connectivity index is 2.46. The van der Waals surface area contributed by atoms with Crippen molar-refractivity contribution in [3.05, 3.63) is 21.9 Å². The fraction of sp³-hybridized carbons (Fsp3) is 0.556. The molecule has 1 nitrogen and oxygen atoms in total. The van der Waals surface area contributed by atoms with Crippen LogP contribution in [0, 0.1) is 6.92 Å². The third kappa shape index (κ3) is 2.77. The first-order valence-corrected chi connectivity index (χ1v) is 5.43. The Labute approximate surface area is 83.0 Å². The first kappa shape index (κ1) is 10.0. The fourth-order valence-corrected chi connectivity index (χ4v) is 2.31. The number of rotatable bonds is 4. The molecule has 0 bridgehead atoms. The van der Waals surface area contributed by atoms with E-state index in [9.17, 15) is 0 Å². The molecule has 0 radical (unpaired) electrons. The van der Waals surface area contributed by atoms with Gasteiger partial charge in [-0.3, -0.25) is 0 Å². The quantitative estimate of drug-likeness (QED) is 0.681. The molecule has 1 aromatic heterocycles. The lowest BCUT2D eigenvalue weighted by Gasteiger charge is -2.13. The van der Waals surface area contributed by atoms with E-state index >= 15 is 0 Å². The van der Waals surface area contributed by atoms with Gasteiger partial charge < -0.3 is 4.90 Å². The van der Waals surface area contributed by atoms with Gasteiger partial charge in [-0.15, -0.1) is 22.9 Å². The molecule has 1 aromatic rings. The smallest absolute Gasteiger partial charge is 0.0351 e. The minimum Gasteiger partial charge on any atom is -0.300 e. The van der Waals surface area contributed by atoms with Gasteiger partial charge >= 0.3 is 0 Å². The van der Waals surface area contributed by atoms with Crippen molar-refractivity contribution in [2.24, 2.45) is 0 Å². The number of thiophene rings is 1. The maximum Gasteiger partial charge on any atom is 0.0351 e. The number of hydrogen-bond donors (Lipinski definition) is 0. The van der Waals surface area contributed by atoms with E-state index in [1.807, 2.05) is 11.3 Å². The van der Waals surface area contributed by atoms with Crippen LogP contribution in [-0.2, 0) is 6.54 Å². The predicted octanol–water partition coefficient (Wildman–Crippen LogP) is 2.73. The highest BCUT2D eigenvalue weighted by molar-refractivity contribution is 7.10. The van der Waals surface area contributed by atoms with Gasteiger partial charge in [0.05, 0.1) is 0 Å². The van der Waals surface area contributed by atoms with Crippen molar-refractivity contribution in [3.63, 3.8) is 0 Å². The minimum atomic E-state index is 0.709. The summed E-state index contributed by atoms with van der Waals surface area (Å²) in [4.78, 5) is 3.69. The molecule has 0 aromatic carbocycles. The Hall–Kier alpha value is -0.0500. The van der Waals surface area contributed by atoms with Crippen LogP contribution >= 0.6 is 22.9 Å². The maximum atomic E-state index is 5.64. The highest BCUT2D eigenvalue weighted by Gasteiger charge is 2.02. The van der Waals surface area contributed by atoms with Gasteiger partial charge in [-0.05, 0) is 31.0 Å². The number of hydrogen-bond acceptors (Lipinski definition) is 2. The Bertz CT molecular complexity index is 234. The third-order valence-electron chi connectivity index (χ3n) is 1.85. The lowest BCUT2D eigenvalue weighted by Crippen LogP contribution is -2.19. The van der Waals surface area contributed by atoms with E-state index in [0.29, 0.717) is 5.88 Å². The van der Waals surface area contributed by atoms with E-state index < -0.39 is 0 Å². The molecule has 0 aliphatic carbocycles. The summed E-state index contributed by atoms with van der Waals surface area (Å²) in [6.07, 6.45) is 0. The molecule has 0 aliphatic rings. The fourth-order valence-electron chi connectivity index (χ4n) is 1.03. The summed E-state index contributed by atoms with van der Waals surface area (Å²) in [5, 5.41) is 2.14. The number of aryl methyl sites for hydroxylation is 1. The van der Waals surface area contributed by atoms with Gasteiger partial charge in [-0.1, -0.05) is 0 Å². The second kappa shape index (κ2) is 4.85. The molecule has 1 heterocycles.